The van der Waals surface area contributed by atoms with Gasteiger partial charge in [0, 0.05) is 0 Å². The van der Waals surface area contributed by atoms with Crippen molar-refractivity contribution in [2.45, 2.75) is 16.7 Å². The third kappa shape index (κ3) is 4.14. The Morgan fingerprint density at radius 3 is 2.52 bits per heavy atom. The lowest BCUT2D eigenvalue weighted by molar-refractivity contribution is 0.626. The van der Waals surface area contributed by atoms with Crippen LogP contribution in [0.15, 0.2) is 76.9 Å². The highest BCUT2D eigenvalue weighted by molar-refractivity contribution is 7.99. The van der Waals surface area contributed by atoms with Crippen molar-refractivity contribution in [3.05, 3.63) is 88.8 Å². The number of aromatic nitrogens is 4. The number of hydrogen-bond acceptors (Lipinski definition) is 5. The third-order valence-corrected chi connectivity index (χ3v) is 5.36. The molecule has 0 bridgehead atoms. The second-order valence-corrected chi connectivity index (χ2v) is 7.45. The predicted octanol–water partition coefficient (Wildman–Crippen LogP) is 5.20. The van der Waals surface area contributed by atoms with E-state index in [1.807, 2.05) is 41.0 Å². The Hall–Kier alpha value is -3.21. The van der Waals surface area contributed by atoms with E-state index in [0.29, 0.717) is 28.1 Å². The Labute approximate surface area is 175 Å². The summed E-state index contributed by atoms with van der Waals surface area (Å²) in [6.07, 6.45) is 0. The van der Waals surface area contributed by atoms with Crippen LogP contribution in [0.3, 0.4) is 0 Å². The zero-order chi connectivity index (χ0) is 20.2. The van der Waals surface area contributed by atoms with Gasteiger partial charge in [-0.2, -0.15) is 5.26 Å². The minimum atomic E-state index is -0.373. The van der Waals surface area contributed by atoms with Crippen LogP contribution < -0.4 is 0 Å². The van der Waals surface area contributed by atoms with Crippen molar-refractivity contribution in [3.63, 3.8) is 0 Å². The topological polar surface area (TPSA) is 67.4 Å². The van der Waals surface area contributed by atoms with E-state index in [1.54, 1.807) is 30.3 Å². The van der Waals surface area contributed by atoms with Crippen LogP contribution in [0.25, 0.3) is 11.4 Å². The fourth-order valence-electron chi connectivity index (χ4n) is 2.77. The summed E-state index contributed by atoms with van der Waals surface area (Å²) < 4.78 is 16.3. The molecule has 2 aromatic carbocycles. The monoisotopic (exact) mass is 421 g/mol. The molecule has 8 heteroatoms. The number of benzene rings is 2. The molecule has 29 heavy (non-hydrogen) atoms. The van der Waals surface area contributed by atoms with E-state index < -0.39 is 0 Å². The molecule has 0 amide bonds. The molecular formula is C21H13ClFN5S. The molecule has 0 N–H and O–H groups in total. The molecule has 0 aliphatic rings. The molecule has 0 fully saturated rings. The van der Waals surface area contributed by atoms with Gasteiger partial charge in [-0.15, -0.1) is 10.2 Å². The van der Waals surface area contributed by atoms with Crippen LogP contribution in [0.2, 0.25) is 5.02 Å². The van der Waals surface area contributed by atoms with Gasteiger partial charge in [0.1, 0.15) is 16.9 Å². The molecule has 5 nitrogen and oxygen atoms in total. The number of pyridine rings is 1. The largest absolute Gasteiger partial charge is 0.297 e. The first kappa shape index (κ1) is 19.1. The molecular weight excluding hydrogens is 409 g/mol. The Balaban J connectivity index is 1.78. The van der Waals surface area contributed by atoms with E-state index in [1.165, 1.54) is 17.8 Å². The maximum absolute atomic E-state index is 14.4. The van der Waals surface area contributed by atoms with Crippen molar-refractivity contribution in [1.82, 2.24) is 19.7 Å². The van der Waals surface area contributed by atoms with E-state index in [2.05, 4.69) is 15.2 Å². The van der Waals surface area contributed by atoms with Crippen LogP contribution in [-0.4, -0.2) is 19.7 Å². The van der Waals surface area contributed by atoms with Crippen LogP contribution in [0.1, 0.15) is 11.3 Å². The fourth-order valence-corrected chi connectivity index (χ4v) is 3.72. The summed E-state index contributed by atoms with van der Waals surface area (Å²) in [5, 5.41) is 19.0. The molecule has 0 radical (unpaired) electrons. The number of nitrogens with zero attached hydrogens (tertiary/aromatic N) is 5. The fraction of sp³-hybridized carbons (Fsp3) is 0.0476. The summed E-state index contributed by atoms with van der Waals surface area (Å²) in [7, 11) is 0. The van der Waals surface area contributed by atoms with Gasteiger partial charge in [-0.05, 0) is 41.6 Å². The third-order valence-electron chi connectivity index (χ3n) is 4.14. The molecule has 0 saturated heterocycles. The summed E-state index contributed by atoms with van der Waals surface area (Å²) in [6.45, 7) is 0.457. The van der Waals surface area contributed by atoms with Gasteiger partial charge in [0.05, 0.1) is 17.1 Å². The van der Waals surface area contributed by atoms with Gasteiger partial charge in [-0.1, -0.05) is 54.1 Å². The Morgan fingerprint density at radius 2 is 1.76 bits per heavy atom. The molecule has 0 saturated carbocycles. The molecule has 0 aliphatic heterocycles. The van der Waals surface area contributed by atoms with Crippen molar-refractivity contribution >= 4 is 23.4 Å². The molecule has 0 spiro atoms. The molecule has 4 aromatic rings. The van der Waals surface area contributed by atoms with Gasteiger partial charge < -0.3 is 0 Å². The average molecular weight is 422 g/mol. The predicted molar refractivity (Wildman–Crippen MR) is 109 cm³/mol. The molecule has 4 rings (SSSR count). The molecule has 2 aromatic heterocycles. The smallest absolute Gasteiger partial charge is 0.198 e. The van der Waals surface area contributed by atoms with Crippen LogP contribution in [0.4, 0.5) is 4.39 Å². The first-order valence-electron chi connectivity index (χ1n) is 8.62. The number of nitriles is 1. The van der Waals surface area contributed by atoms with E-state index in [9.17, 15) is 4.39 Å². The first-order chi connectivity index (χ1) is 14.2. The van der Waals surface area contributed by atoms with Crippen LogP contribution in [0, 0.1) is 17.1 Å². The number of halogens is 2. The second-order valence-electron chi connectivity index (χ2n) is 6.05. The molecule has 0 aliphatic carbocycles. The highest BCUT2D eigenvalue weighted by Gasteiger charge is 2.19. The van der Waals surface area contributed by atoms with Gasteiger partial charge >= 0.3 is 0 Å². The zero-order valence-corrected chi connectivity index (χ0v) is 16.5. The van der Waals surface area contributed by atoms with E-state index in [4.69, 9.17) is 16.9 Å². The van der Waals surface area contributed by atoms with Crippen molar-refractivity contribution in [3.8, 4) is 17.5 Å². The van der Waals surface area contributed by atoms with Gasteiger partial charge in [-0.25, -0.2) is 9.37 Å². The standard InChI is InChI=1S/C21H13ClFN5S/c22-16-10-11-19(25-18(16)12-24)29-21-27-26-20(15-8-4-5-9-17(15)23)28(21)13-14-6-2-1-3-7-14/h1-11H,13H2. The summed E-state index contributed by atoms with van der Waals surface area (Å²) >= 11 is 7.21. The summed E-state index contributed by atoms with van der Waals surface area (Å²) in [6, 6.07) is 21.5. The SMILES string of the molecule is N#Cc1nc(Sc2nnc(-c3ccccc3F)n2Cc2ccccc2)ccc1Cl. The number of hydrogen-bond donors (Lipinski definition) is 0. The maximum atomic E-state index is 14.4. The highest BCUT2D eigenvalue weighted by Crippen LogP contribution is 2.31. The number of rotatable bonds is 5. The minimum Gasteiger partial charge on any atom is -0.297 e. The molecule has 0 unspecified atom stereocenters. The average Bonchev–Trinajstić information content (AvgIpc) is 3.12. The summed E-state index contributed by atoms with van der Waals surface area (Å²) in [5.74, 6) is 0.0473. The Bertz CT molecular complexity index is 1200. The minimum absolute atomic E-state index is 0.139. The van der Waals surface area contributed by atoms with Gasteiger partial charge in [-0.3, -0.25) is 4.57 Å². The lowest BCUT2D eigenvalue weighted by Crippen LogP contribution is -2.05. The van der Waals surface area contributed by atoms with E-state index in [-0.39, 0.29) is 16.5 Å². The lowest BCUT2D eigenvalue weighted by Gasteiger charge is -2.11. The van der Waals surface area contributed by atoms with Crippen molar-refractivity contribution in [2.75, 3.05) is 0 Å². The molecule has 2 heterocycles. The highest BCUT2D eigenvalue weighted by atomic mass is 35.5. The van der Waals surface area contributed by atoms with Gasteiger partial charge in [0.2, 0.25) is 0 Å². The van der Waals surface area contributed by atoms with E-state index >= 15 is 0 Å². The second kappa shape index (κ2) is 8.43. The van der Waals surface area contributed by atoms with Gasteiger partial charge in [0.15, 0.2) is 16.7 Å². The Morgan fingerprint density at radius 1 is 1.00 bits per heavy atom. The molecule has 0 atom stereocenters. The van der Waals surface area contributed by atoms with Gasteiger partial charge in [0.25, 0.3) is 0 Å². The van der Waals surface area contributed by atoms with Crippen molar-refractivity contribution in [2.24, 2.45) is 0 Å². The van der Waals surface area contributed by atoms with Crippen LogP contribution in [0.5, 0.6) is 0 Å². The van der Waals surface area contributed by atoms with Crippen LogP contribution >= 0.6 is 23.4 Å². The summed E-state index contributed by atoms with van der Waals surface area (Å²) in [5.41, 5.74) is 1.53. The normalized spacial score (nSPS) is 10.7. The summed E-state index contributed by atoms with van der Waals surface area (Å²) in [4.78, 5) is 4.25. The quantitative estimate of drug-likeness (QED) is 0.442. The van der Waals surface area contributed by atoms with E-state index in [0.717, 1.165) is 5.56 Å². The molecule has 142 valence electrons. The lowest BCUT2D eigenvalue weighted by atomic mass is 10.2. The zero-order valence-electron chi connectivity index (χ0n) is 15.0. The van der Waals surface area contributed by atoms with Crippen molar-refractivity contribution in [1.29, 1.82) is 5.26 Å². The Kier molecular flexibility index (Phi) is 5.56. The van der Waals surface area contributed by atoms with Crippen LogP contribution in [-0.2, 0) is 6.54 Å². The maximum Gasteiger partial charge on any atom is 0.198 e. The first-order valence-corrected chi connectivity index (χ1v) is 9.81. The van der Waals surface area contributed by atoms with Crippen molar-refractivity contribution < 1.29 is 4.39 Å².